The van der Waals surface area contributed by atoms with E-state index in [1.807, 2.05) is 18.2 Å². The van der Waals surface area contributed by atoms with E-state index in [1.165, 1.54) is 10.8 Å². The Kier molecular flexibility index (Phi) is 4.95. The number of thiazole rings is 1. The smallest absolute Gasteiger partial charge is 0.234 e. The van der Waals surface area contributed by atoms with E-state index in [4.69, 9.17) is 4.98 Å². The van der Waals surface area contributed by atoms with Gasteiger partial charge in [-0.25, -0.2) is 9.37 Å². The Balaban J connectivity index is 1.40. The van der Waals surface area contributed by atoms with E-state index in [1.54, 1.807) is 29.5 Å². The maximum Gasteiger partial charge on any atom is 0.234 e. The summed E-state index contributed by atoms with van der Waals surface area (Å²) in [5.74, 6) is -0.373. The summed E-state index contributed by atoms with van der Waals surface area (Å²) in [6.45, 7) is 1.41. The predicted octanol–water partition coefficient (Wildman–Crippen LogP) is 3.89. The third-order valence-electron chi connectivity index (χ3n) is 4.74. The van der Waals surface area contributed by atoms with Gasteiger partial charge in [0.15, 0.2) is 0 Å². The number of fused-ring (bicyclic) bond motifs is 1. The second-order valence-corrected chi connectivity index (χ2v) is 7.58. The lowest BCUT2D eigenvalue weighted by atomic mass is 10.2. The topological polar surface area (TPSA) is 45.2 Å². The molecule has 1 aliphatic heterocycles. The van der Waals surface area contributed by atoms with Crippen LogP contribution in [0, 0.1) is 5.82 Å². The number of rotatable bonds is 5. The Morgan fingerprint density at radius 3 is 2.88 bits per heavy atom. The Bertz CT molecular complexity index is 893. The summed E-state index contributed by atoms with van der Waals surface area (Å²) in [7, 11) is 0. The maximum absolute atomic E-state index is 13.7. The van der Waals surface area contributed by atoms with Crippen LogP contribution in [0.25, 0.3) is 10.2 Å². The molecule has 0 aliphatic carbocycles. The normalized spacial score (nSPS) is 17.7. The lowest BCUT2D eigenvalue weighted by Gasteiger charge is -2.22. The van der Waals surface area contributed by atoms with E-state index in [-0.39, 0.29) is 24.3 Å². The van der Waals surface area contributed by atoms with Crippen molar-refractivity contribution in [3.63, 3.8) is 0 Å². The largest absolute Gasteiger partial charge is 0.351 e. The van der Waals surface area contributed by atoms with E-state index >= 15 is 0 Å². The fraction of sp³-hybridized carbons (Fsp3) is 0.300. The van der Waals surface area contributed by atoms with E-state index in [0.29, 0.717) is 12.1 Å². The number of nitrogens with zero attached hydrogens (tertiary/aromatic N) is 2. The first-order valence-electron chi connectivity index (χ1n) is 8.80. The van der Waals surface area contributed by atoms with Gasteiger partial charge in [-0.2, -0.15) is 0 Å². The molecule has 2 aromatic carbocycles. The predicted molar refractivity (Wildman–Crippen MR) is 101 cm³/mol. The Morgan fingerprint density at radius 1 is 1.23 bits per heavy atom. The van der Waals surface area contributed by atoms with Crippen LogP contribution in [0.5, 0.6) is 0 Å². The van der Waals surface area contributed by atoms with Gasteiger partial charge in [0, 0.05) is 12.1 Å². The molecule has 1 saturated heterocycles. The molecule has 4 nitrogen and oxygen atoms in total. The van der Waals surface area contributed by atoms with Crippen LogP contribution < -0.4 is 5.32 Å². The summed E-state index contributed by atoms with van der Waals surface area (Å²) in [6, 6.07) is 14.8. The van der Waals surface area contributed by atoms with Gasteiger partial charge >= 0.3 is 0 Å². The van der Waals surface area contributed by atoms with Gasteiger partial charge in [0.05, 0.1) is 22.8 Å². The maximum atomic E-state index is 13.7. The van der Waals surface area contributed by atoms with Gasteiger partial charge in [0.25, 0.3) is 0 Å². The van der Waals surface area contributed by atoms with Gasteiger partial charge in [-0.1, -0.05) is 30.3 Å². The van der Waals surface area contributed by atoms with Crippen LogP contribution in [-0.4, -0.2) is 28.9 Å². The summed E-state index contributed by atoms with van der Waals surface area (Å²) < 4.78 is 14.8. The number of hydrogen-bond donors (Lipinski definition) is 1. The summed E-state index contributed by atoms with van der Waals surface area (Å²) >= 11 is 1.70. The molecular weight excluding hydrogens is 349 g/mol. The SMILES string of the molecule is O=C(CN1CCC[C@H]1c1nc2ccccc2s1)NCc1ccccc1F. The summed E-state index contributed by atoms with van der Waals surface area (Å²) in [5, 5.41) is 3.90. The van der Waals surface area contributed by atoms with Crippen molar-refractivity contribution in [3.05, 3.63) is 64.9 Å². The van der Waals surface area contributed by atoms with Crippen molar-refractivity contribution < 1.29 is 9.18 Å². The molecule has 134 valence electrons. The van der Waals surface area contributed by atoms with Crippen molar-refractivity contribution in [2.45, 2.75) is 25.4 Å². The third-order valence-corrected chi connectivity index (χ3v) is 5.88. The fourth-order valence-corrected chi connectivity index (χ4v) is 4.54. The molecule has 26 heavy (non-hydrogen) atoms. The molecular formula is C20H20FN3OS. The van der Waals surface area contributed by atoms with Crippen molar-refractivity contribution in [1.82, 2.24) is 15.2 Å². The molecule has 0 radical (unpaired) electrons. The molecule has 0 spiro atoms. The van der Waals surface area contributed by atoms with E-state index in [9.17, 15) is 9.18 Å². The van der Waals surface area contributed by atoms with Crippen molar-refractivity contribution in [2.24, 2.45) is 0 Å². The lowest BCUT2D eigenvalue weighted by Crippen LogP contribution is -2.36. The number of nitrogens with one attached hydrogen (secondary N) is 1. The average Bonchev–Trinajstić information content (AvgIpc) is 3.27. The van der Waals surface area contributed by atoms with Crippen LogP contribution in [-0.2, 0) is 11.3 Å². The van der Waals surface area contributed by atoms with Gasteiger partial charge in [0.1, 0.15) is 10.8 Å². The minimum absolute atomic E-state index is 0.0822. The lowest BCUT2D eigenvalue weighted by molar-refractivity contribution is -0.122. The molecule has 4 rings (SSSR count). The van der Waals surface area contributed by atoms with E-state index in [0.717, 1.165) is 29.9 Å². The quantitative estimate of drug-likeness (QED) is 0.742. The molecule has 1 fully saturated rings. The van der Waals surface area contributed by atoms with Gasteiger partial charge in [-0.15, -0.1) is 11.3 Å². The highest BCUT2D eigenvalue weighted by molar-refractivity contribution is 7.18. The van der Waals surface area contributed by atoms with Crippen LogP contribution in [0.2, 0.25) is 0 Å². The van der Waals surface area contributed by atoms with Gasteiger partial charge < -0.3 is 5.32 Å². The first-order chi connectivity index (χ1) is 12.7. The summed E-state index contributed by atoms with van der Waals surface area (Å²) in [6.07, 6.45) is 2.07. The number of carbonyl (C=O) groups is 1. The standard InChI is InChI=1S/C20H20FN3OS/c21-15-7-2-1-6-14(15)12-22-19(25)13-24-11-5-9-17(24)20-23-16-8-3-4-10-18(16)26-20/h1-4,6-8,10,17H,5,9,11-13H2,(H,22,25)/t17-/m0/s1. The molecule has 1 aliphatic rings. The monoisotopic (exact) mass is 369 g/mol. The number of halogens is 1. The molecule has 1 aromatic heterocycles. The first kappa shape index (κ1) is 17.1. The van der Waals surface area contributed by atoms with Crippen molar-refractivity contribution in [2.75, 3.05) is 13.1 Å². The van der Waals surface area contributed by atoms with Crippen molar-refractivity contribution in [1.29, 1.82) is 0 Å². The molecule has 0 bridgehead atoms. The average molecular weight is 369 g/mol. The number of likely N-dealkylation sites (tertiary alicyclic amines) is 1. The fourth-order valence-electron chi connectivity index (χ4n) is 3.40. The van der Waals surface area contributed by atoms with E-state index in [2.05, 4.69) is 16.3 Å². The molecule has 0 saturated carbocycles. The number of benzene rings is 2. The highest BCUT2D eigenvalue weighted by atomic mass is 32.1. The van der Waals surface area contributed by atoms with Crippen LogP contribution in [0.1, 0.15) is 29.5 Å². The second kappa shape index (κ2) is 7.51. The highest BCUT2D eigenvalue weighted by Crippen LogP contribution is 2.36. The minimum atomic E-state index is -0.290. The van der Waals surface area contributed by atoms with Gasteiger partial charge in [-0.3, -0.25) is 9.69 Å². The number of aromatic nitrogens is 1. The number of para-hydroxylation sites is 1. The molecule has 3 aromatic rings. The summed E-state index contributed by atoms with van der Waals surface area (Å²) in [4.78, 5) is 19.3. The highest BCUT2D eigenvalue weighted by Gasteiger charge is 2.29. The van der Waals surface area contributed by atoms with Crippen LogP contribution in [0.15, 0.2) is 48.5 Å². The zero-order valence-electron chi connectivity index (χ0n) is 14.3. The van der Waals surface area contributed by atoms with Gasteiger partial charge in [0.2, 0.25) is 5.91 Å². The second-order valence-electron chi connectivity index (χ2n) is 6.52. The zero-order valence-corrected chi connectivity index (χ0v) is 15.1. The van der Waals surface area contributed by atoms with Crippen LogP contribution in [0.4, 0.5) is 4.39 Å². The molecule has 2 heterocycles. The van der Waals surface area contributed by atoms with Gasteiger partial charge in [-0.05, 0) is 37.6 Å². The minimum Gasteiger partial charge on any atom is -0.351 e. The first-order valence-corrected chi connectivity index (χ1v) is 9.62. The molecule has 1 atom stereocenters. The number of amides is 1. The van der Waals surface area contributed by atoms with Crippen molar-refractivity contribution >= 4 is 27.5 Å². The molecule has 1 amide bonds. The van der Waals surface area contributed by atoms with Crippen molar-refractivity contribution in [3.8, 4) is 0 Å². The zero-order chi connectivity index (χ0) is 17.9. The third kappa shape index (κ3) is 3.61. The Morgan fingerprint density at radius 2 is 2.04 bits per heavy atom. The summed E-state index contributed by atoms with van der Waals surface area (Å²) in [5.41, 5.74) is 1.52. The molecule has 0 unspecified atom stereocenters. The molecule has 6 heteroatoms. The Labute approximate surface area is 155 Å². The van der Waals surface area contributed by atoms with Crippen LogP contribution in [0.3, 0.4) is 0 Å². The number of hydrogen-bond acceptors (Lipinski definition) is 4. The van der Waals surface area contributed by atoms with E-state index < -0.39 is 0 Å². The number of carbonyl (C=O) groups excluding carboxylic acids is 1. The van der Waals surface area contributed by atoms with Crippen LogP contribution >= 0.6 is 11.3 Å². The Hall–Kier alpha value is -2.31. The molecule has 1 N–H and O–H groups in total.